The second-order valence-electron chi connectivity index (χ2n) is 6.42. The average Bonchev–Trinajstić information content (AvgIpc) is 3.14. The zero-order valence-corrected chi connectivity index (χ0v) is 17.1. The van der Waals surface area contributed by atoms with Gasteiger partial charge >= 0.3 is 0 Å². The number of nitrogens with one attached hydrogen (secondary N) is 2. The Hall–Kier alpha value is -3.11. The van der Waals surface area contributed by atoms with Gasteiger partial charge in [-0.2, -0.15) is 0 Å². The average molecular weight is 428 g/mol. The number of nitrogens with zero attached hydrogens (tertiary/aromatic N) is 3. The number of amides is 1. The molecule has 1 amide bonds. The number of aromatic nitrogens is 4. The molecule has 29 heavy (non-hydrogen) atoms. The first-order chi connectivity index (χ1) is 14.0. The van der Waals surface area contributed by atoms with E-state index in [1.54, 1.807) is 24.3 Å². The van der Waals surface area contributed by atoms with Crippen LogP contribution in [0.3, 0.4) is 0 Å². The molecule has 0 aliphatic rings. The number of hydrogen-bond donors (Lipinski definition) is 2. The fourth-order valence-corrected chi connectivity index (χ4v) is 4.24. The molecule has 0 spiro atoms. The number of rotatable bonds is 5. The third kappa shape index (κ3) is 3.64. The molecule has 0 aliphatic heterocycles. The van der Waals surface area contributed by atoms with Gasteiger partial charge in [0.1, 0.15) is 11.2 Å². The van der Waals surface area contributed by atoms with E-state index in [-0.39, 0.29) is 28.9 Å². The van der Waals surface area contributed by atoms with Crippen LogP contribution < -0.4 is 16.5 Å². The van der Waals surface area contributed by atoms with Crippen LogP contribution in [0, 0.1) is 4.77 Å². The van der Waals surface area contributed by atoms with Crippen LogP contribution in [-0.4, -0.2) is 25.1 Å². The fourth-order valence-electron chi connectivity index (χ4n) is 3.03. The number of aromatic amines is 1. The van der Waals surface area contributed by atoms with Gasteiger partial charge < -0.3 is 4.98 Å². The van der Waals surface area contributed by atoms with Crippen LogP contribution >= 0.6 is 23.6 Å². The highest BCUT2D eigenvalue weighted by Gasteiger charge is 2.12. The Labute approximate surface area is 173 Å². The number of carbonyl (C=O) groups excluding carboxylic acids is 1. The first-order valence-electron chi connectivity index (χ1n) is 8.99. The second kappa shape index (κ2) is 7.72. The van der Waals surface area contributed by atoms with Gasteiger partial charge in [-0.15, -0.1) is 11.3 Å². The quantitative estimate of drug-likeness (QED) is 0.477. The normalized spacial score (nSPS) is 11.2. The Balaban J connectivity index is 1.54. The van der Waals surface area contributed by atoms with Gasteiger partial charge in [-0.1, -0.05) is 19.1 Å². The molecule has 2 N–H and O–H groups in total. The molecule has 0 saturated carbocycles. The van der Waals surface area contributed by atoms with Crippen molar-refractivity contribution in [1.29, 1.82) is 0 Å². The van der Waals surface area contributed by atoms with Gasteiger partial charge in [-0.05, 0) is 36.8 Å². The lowest BCUT2D eigenvalue weighted by atomic mass is 10.2. The SMILES string of the molecule is CCc1cc2c(=O)n(NC(=O)CCn3c(=S)[nH]c4ccccc4c3=O)cnc2s1. The smallest absolute Gasteiger partial charge is 0.280 e. The van der Waals surface area contributed by atoms with E-state index < -0.39 is 5.91 Å². The molecule has 0 unspecified atom stereocenters. The summed E-state index contributed by atoms with van der Waals surface area (Å²) in [6, 6.07) is 8.84. The van der Waals surface area contributed by atoms with E-state index in [0.717, 1.165) is 16.0 Å². The molecule has 148 valence electrons. The standard InChI is InChI=1S/C19H17N5O3S2/c1-2-11-9-13-16(29-11)20-10-24(18(13)27)22-15(25)7-8-23-17(26)12-5-3-4-6-14(12)21-19(23)28/h3-6,9-10H,2,7-8H2,1H3,(H,21,28)(H,22,25). The summed E-state index contributed by atoms with van der Waals surface area (Å²) in [5.74, 6) is -0.423. The fraction of sp³-hybridized carbons (Fsp3) is 0.211. The van der Waals surface area contributed by atoms with E-state index >= 15 is 0 Å². The molecule has 4 aromatic rings. The number of hydrogen-bond acceptors (Lipinski definition) is 6. The predicted molar refractivity (Wildman–Crippen MR) is 116 cm³/mol. The predicted octanol–water partition coefficient (Wildman–Crippen LogP) is 2.55. The summed E-state index contributed by atoms with van der Waals surface area (Å²) in [6.07, 6.45) is 2.09. The molecule has 0 atom stereocenters. The molecule has 10 heteroatoms. The highest BCUT2D eigenvalue weighted by atomic mass is 32.1. The molecule has 0 bridgehead atoms. The molecule has 8 nitrogen and oxygen atoms in total. The number of thiophene rings is 1. The van der Waals surface area contributed by atoms with E-state index in [1.807, 2.05) is 13.0 Å². The topological polar surface area (TPSA) is 102 Å². The highest BCUT2D eigenvalue weighted by Crippen LogP contribution is 2.20. The molecular weight excluding hydrogens is 410 g/mol. The van der Waals surface area contributed by atoms with E-state index in [9.17, 15) is 14.4 Å². The minimum absolute atomic E-state index is 0.0238. The van der Waals surface area contributed by atoms with E-state index in [1.165, 1.54) is 22.2 Å². The lowest BCUT2D eigenvalue weighted by Crippen LogP contribution is -2.34. The van der Waals surface area contributed by atoms with Crippen LogP contribution in [0.5, 0.6) is 0 Å². The van der Waals surface area contributed by atoms with E-state index in [0.29, 0.717) is 21.1 Å². The maximum atomic E-state index is 12.6. The Morgan fingerprint density at radius 2 is 2.03 bits per heavy atom. The van der Waals surface area contributed by atoms with Gasteiger partial charge in [0.25, 0.3) is 11.1 Å². The van der Waals surface area contributed by atoms with Crippen molar-refractivity contribution in [2.75, 3.05) is 5.43 Å². The van der Waals surface area contributed by atoms with Gasteiger partial charge in [-0.25, -0.2) is 9.66 Å². The van der Waals surface area contributed by atoms with Gasteiger partial charge in [0.2, 0.25) is 5.91 Å². The number of H-pyrrole nitrogens is 1. The summed E-state index contributed by atoms with van der Waals surface area (Å²) < 4.78 is 2.65. The first kappa shape index (κ1) is 19.2. The molecule has 3 aromatic heterocycles. The molecule has 1 aromatic carbocycles. The maximum absolute atomic E-state index is 12.6. The first-order valence-corrected chi connectivity index (χ1v) is 10.2. The third-order valence-electron chi connectivity index (χ3n) is 4.55. The van der Waals surface area contributed by atoms with Crippen molar-refractivity contribution in [1.82, 2.24) is 19.2 Å². The zero-order chi connectivity index (χ0) is 20.5. The van der Waals surface area contributed by atoms with Crippen molar-refractivity contribution in [2.24, 2.45) is 0 Å². The number of benzene rings is 1. The molecule has 3 heterocycles. The summed E-state index contributed by atoms with van der Waals surface area (Å²) in [5.41, 5.74) is 2.58. The third-order valence-corrected chi connectivity index (χ3v) is 6.06. The van der Waals surface area contributed by atoms with Crippen LogP contribution in [0.2, 0.25) is 0 Å². The maximum Gasteiger partial charge on any atom is 0.280 e. The van der Waals surface area contributed by atoms with Crippen molar-refractivity contribution in [2.45, 2.75) is 26.3 Å². The van der Waals surface area contributed by atoms with Crippen LogP contribution in [0.15, 0.2) is 46.2 Å². The summed E-state index contributed by atoms with van der Waals surface area (Å²) in [5, 5.41) is 0.972. The lowest BCUT2D eigenvalue weighted by Gasteiger charge is -2.10. The molecule has 0 fully saturated rings. The van der Waals surface area contributed by atoms with E-state index in [2.05, 4.69) is 15.4 Å². The van der Waals surface area contributed by atoms with Gasteiger partial charge in [-0.3, -0.25) is 24.4 Å². The summed E-state index contributed by atoms with van der Waals surface area (Å²) in [7, 11) is 0. The summed E-state index contributed by atoms with van der Waals surface area (Å²) >= 11 is 6.71. The minimum atomic E-state index is -0.423. The number of carbonyl (C=O) groups is 1. The summed E-state index contributed by atoms with van der Waals surface area (Å²) in [4.78, 5) is 46.5. The lowest BCUT2D eigenvalue weighted by molar-refractivity contribution is -0.117. The van der Waals surface area contributed by atoms with Crippen LogP contribution in [-0.2, 0) is 17.8 Å². The Bertz CT molecular complexity index is 1410. The number of fused-ring (bicyclic) bond motifs is 2. The van der Waals surface area contributed by atoms with Crippen molar-refractivity contribution >= 4 is 50.6 Å². The zero-order valence-electron chi connectivity index (χ0n) is 15.5. The summed E-state index contributed by atoms with van der Waals surface area (Å²) in [6.45, 7) is 2.10. The van der Waals surface area contributed by atoms with E-state index in [4.69, 9.17) is 12.2 Å². The van der Waals surface area contributed by atoms with Gasteiger partial charge in [0, 0.05) is 17.8 Å². The highest BCUT2D eigenvalue weighted by molar-refractivity contribution is 7.71. The van der Waals surface area contributed by atoms with Crippen LogP contribution in [0.1, 0.15) is 18.2 Å². The van der Waals surface area contributed by atoms with Crippen molar-refractivity contribution in [3.63, 3.8) is 0 Å². The molecule has 0 saturated heterocycles. The van der Waals surface area contributed by atoms with Crippen molar-refractivity contribution in [3.8, 4) is 0 Å². The van der Waals surface area contributed by atoms with Crippen LogP contribution in [0.25, 0.3) is 21.1 Å². The Morgan fingerprint density at radius 3 is 2.83 bits per heavy atom. The monoisotopic (exact) mass is 427 g/mol. The minimum Gasteiger partial charge on any atom is -0.332 e. The molecule has 4 rings (SSSR count). The molecule has 0 aliphatic carbocycles. The largest absolute Gasteiger partial charge is 0.332 e. The van der Waals surface area contributed by atoms with Crippen molar-refractivity contribution in [3.05, 3.63) is 67.0 Å². The molecule has 0 radical (unpaired) electrons. The van der Waals surface area contributed by atoms with Crippen molar-refractivity contribution < 1.29 is 4.79 Å². The second-order valence-corrected chi connectivity index (χ2v) is 7.92. The Kier molecular flexibility index (Phi) is 5.12. The van der Waals surface area contributed by atoms with Gasteiger partial charge in [0.05, 0.1) is 16.3 Å². The van der Waals surface area contributed by atoms with Gasteiger partial charge in [0.15, 0.2) is 4.77 Å². The molecular formula is C19H17N5O3S2. The number of para-hydroxylation sites is 1. The Morgan fingerprint density at radius 1 is 1.24 bits per heavy atom. The van der Waals surface area contributed by atoms with Crippen LogP contribution in [0.4, 0.5) is 0 Å². The number of aryl methyl sites for hydroxylation is 1.